The Morgan fingerprint density at radius 1 is 1.52 bits per heavy atom. The zero-order valence-corrected chi connectivity index (χ0v) is 13.9. The van der Waals surface area contributed by atoms with Crippen molar-refractivity contribution in [2.45, 2.75) is 32.2 Å². The second kappa shape index (κ2) is 8.79. The van der Waals surface area contributed by atoms with E-state index < -0.39 is 5.56 Å². The van der Waals surface area contributed by atoms with Gasteiger partial charge in [0.2, 0.25) is 0 Å². The first-order chi connectivity index (χ1) is 11.2. The van der Waals surface area contributed by atoms with Gasteiger partial charge >= 0.3 is 0 Å². The first-order valence-electron chi connectivity index (χ1n) is 8.20. The molecule has 0 aliphatic carbocycles. The third-order valence-corrected chi connectivity index (χ3v) is 4.28. The molecule has 128 valence electrons. The molecule has 2 N–H and O–H groups in total. The number of nitrogens with one attached hydrogen (secondary N) is 2. The second-order valence-electron chi connectivity index (χ2n) is 6.03. The summed E-state index contributed by atoms with van der Waals surface area (Å²) in [4.78, 5) is 32.6. The van der Waals surface area contributed by atoms with E-state index in [0.29, 0.717) is 5.92 Å². The molecule has 7 nitrogen and oxygen atoms in total. The van der Waals surface area contributed by atoms with Gasteiger partial charge in [0.05, 0.1) is 6.33 Å². The van der Waals surface area contributed by atoms with Crippen LogP contribution in [0.2, 0.25) is 0 Å². The molecule has 2 atom stereocenters. The summed E-state index contributed by atoms with van der Waals surface area (Å²) in [6, 6.07) is 0.0737. The minimum absolute atomic E-state index is 0.0700. The summed E-state index contributed by atoms with van der Waals surface area (Å²) in [5.41, 5.74) is -0.333. The number of hydrogen-bond donors (Lipinski definition) is 2. The van der Waals surface area contributed by atoms with E-state index in [-0.39, 0.29) is 17.5 Å². The predicted molar refractivity (Wildman–Crippen MR) is 87.4 cm³/mol. The third-order valence-electron chi connectivity index (χ3n) is 4.28. The van der Waals surface area contributed by atoms with Crippen molar-refractivity contribution >= 4 is 5.91 Å². The maximum absolute atomic E-state index is 12.3. The number of amides is 1. The molecule has 2 rings (SSSR count). The number of rotatable bonds is 8. The quantitative estimate of drug-likeness (QED) is 0.686. The SMILES string of the molecule is CCC[C@@H]1CN(CCCOC)C[C@H]1NC(=O)c1cnc[nH]c1=O. The topological polar surface area (TPSA) is 87.3 Å². The van der Waals surface area contributed by atoms with Crippen molar-refractivity contribution < 1.29 is 9.53 Å². The van der Waals surface area contributed by atoms with E-state index in [4.69, 9.17) is 4.74 Å². The van der Waals surface area contributed by atoms with Crippen LogP contribution in [0, 0.1) is 5.92 Å². The van der Waals surface area contributed by atoms with Gasteiger partial charge in [-0.25, -0.2) is 4.98 Å². The molecule has 0 aromatic carbocycles. The number of hydrogen-bond acceptors (Lipinski definition) is 5. The Balaban J connectivity index is 1.97. The van der Waals surface area contributed by atoms with Gasteiger partial charge in [-0.15, -0.1) is 0 Å². The van der Waals surface area contributed by atoms with Crippen molar-refractivity contribution in [3.05, 3.63) is 28.4 Å². The molecular formula is C16H26N4O3. The van der Waals surface area contributed by atoms with Crippen LogP contribution in [0.1, 0.15) is 36.5 Å². The molecule has 1 aromatic rings. The van der Waals surface area contributed by atoms with Crippen LogP contribution in [-0.4, -0.2) is 60.2 Å². The predicted octanol–water partition coefficient (Wildman–Crippen LogP) is 0.637. The Morgan fingerprint density at radius 2 is 2.35 bits per heavy atom. The van der Waals surface area contributed by atoms with Crippen LogP contribution in [0.25, 0.3) is 0 Å². The van der Waals surface area contributed by atoms with Crippen LogP contribution in [-0.2, 0) is 4.74 Å². The Morgan fingerprint density at radius 3 is 3.04 bits per heavy atom. The van der Waals surface area contributed by atoms with Crippen LogP contribution >= 0.6 is 0 Å². The molecule has 1 saturated heterocycles. The standard InChI is InChI=1S/C16H26N4O3/c1-3-5-12-9-20(6-4-7-23-2)10-14(12)19-16(22)13-8-17-11-18-15(13)21/h8,11-12,14H,3-7,9-10H2,1-2H3,(H,19,22)(H,17,18,21)/t12-,14-/m1/s1. The molecule has 0 spiro atoms. The van der Waals surface area contributed by atoms with Crippen molar-refractivity contribution in [2.75, 3.05) is 33.4 Å². The third kappa shape index (κ3) is 4.87. The highest BCUT2D eigenvalue weighted by atomic mass is 16.5. The lowest BCUT2D eigenvalue weighted by atomic mass is 9.98. The average Bonchev–Trinajstić information content (AvgIpc) is 2.90. The van der Waals surface area contributed by atoms with Crippen LogP contribution < -0.4 is 10.9 Å². The Bertz CT molecular complexity index is 560. The zero-order valence-electron chi connectivity index (χ0n) is 13.9. The van der Waals surface area contributed by atoms with E-state index in [1.165, 1.54) is 12.5 Å². The summed E-state index contributed by atoms with van der Waals surface area (Å²) >= 11 is 0. The maximum atomic E-state index is 12.3. The zero-order chi connectivity index (χ0) is 16.7. The average molecular weight is 322 g/mol. The fourth-order valence-corrected chi connectivity index (χ4v) is 3.15. The summed E-state index contributed by atoms with van der Waals surface area (Å²) in [6.07, 6.45) is 5.73. The molecule has 0 unspecified atom stereocenters. The number of likely N-dealkylation sites (tertiary alicyclic amines) is 1. The number of carbonyl (C=O) groups is 1. The van der Waals surface area contributed by atoms with E-state index >= 15 is 0 Å². The molecular weight excluding hydrogens is 296 g/mol. The summed E-state index contributed by atoms with van der Waals surface area (Å²) in [5.74, 6) is 0.0754. The number of methoxy groups -OCH3 is 1. The van der Waals surface area contributed by atoms with Gasteiger partial charge in [-0.05, 0) is 18.8 Å². The minimum Gasteiger partial charge on any atom is -0.385 e. The molecule has 1 aromatic heterocycles. The fraction of sp³-hybridized carbons (Fsp3) is 0.688. The van der Waals surface area contributed by atoms with Crippen LogP contribution in [0.5, 0.6) is 0 Å². The van der Waals surface area contributed by atoms with Gasteiger partial charge in [0.25, 0.3) is 11.5 Å². The lowest BCUT2D eigenvalue weighted by molar-refractivity contribution is 0.0927. The summed E-state index contributed by atoms with van der Waals surface area (Å²) in [7, 11) is 1.71. The molecule has 7 heteroatoms. The number of aromatic nitrogens is 2. The van der Waals surface area contributed by atoms with Gasteiger partial charge in [-0.3, -0.25) is 9.59 Å². The highest BCUT2D eigenvalue weighted by molar-refractivity contribution is 5.93. The lowest BCUT2D eigenvalue weighted by Gasteiger charge is -2.19. The van der Waals surface area contributed by atoms with Gasteiger partial charge in [-0.1, -0.05) is 13.3 Å². The van der Waals surface area contributed by atoms with Gasteiger partial charge < -0.3 is 19.9 Å². The smallest absolute Gasteiger partial charge is 0.263 e. The highest BCUT2D eigenvalue weighted by Crippen LogP contribution is 2.22. The summed E-state index contributed by atoms with van der Waals surface area (Å²) < 4.78 is 5.10. The first-order valence-corrected chi connectivity index (χ1v) is 8.20. The number of ether oxygens (including phenoxy) is 1. The Kier molecular flexibility index (Phi) is 6.73. The van der Waals surface area contributed by atoms with Crippen molar-refractivity contribution in [1.82, 2.24) is 20.2 Å². The Labute approximate surface area is 136 Å². The molecule has 0 radical (unpaired) electrons. The summed E-state index contributed by atoms with van der Waals surface area (Å²) in [6.45, 7) is 5.66. The van der Waals surface area contributed by atoms with E-state index in [0.717, 1.165) is 45.5 Å². The number of nitrogens with zero attached hydrogens (tertiary/aromatic N) is 2. The first kappa shape index (κ1) is 17.6. The fourth-order valence-electron chi connectivity index (χ4n) is 3.15. The van der Waals surface area contributed by atoms with Gasteiger partial charge in [0, 0.05) is 45.6 Å². The monoisotopic (exact) mass is 322 g/mol. The van der Waals surface area contributed by atoms with E-state index in [1.807, 2.05) is 0 Å². The number of H-pyrrole nitrogens is 1. The van der Waals surface area contributed by atoms with Crippen LogP contribution in [0.4, 0.5) is 0 Å². The van der Waals surface area contributed by atoms with Crippen molar-refractivity contribution in [3.8, 4) is 0 Å². The number of aromatic amines is 1. The Hall–Kier alpha value is -1.73. The normalized spacial score (nSPS) is 21.5. The summed E-state index contributed by atoms with van der Waals surface area (Å²) in [5, 5.41) is 3.02. The lowest BCUT2D eigenvalue weighted by Crippen LogP contribution is -2.42. The van der Waals surface area contributed by atoms with Gasteiger partial charge in [0.15, 0.2) is 0 Å². The molecule has 1 fully saturated rings. The van der Waals surface area contributed by atoms with Crippen molar-refractivity contribution in [2.24, 2.45) is 5.92 Å². The molecule has 0 saturated carbocycles. The second-order valence-corrected chi connectivity index (χ2v) is 6.03. The van der Waals surface area contributed by atoms with Crippen molar-refractivity contribution in [1.29, 1.82) is 0 Å². The van der Waals surface area contributed by atoms with E-state index in [9.17, 15) is 9.59 Å². The molecule has 0 bridgehead atoms. The van der Waals surface area contributed by atoms with Gasteiger partial charge in [0.1, 0.15) is 5.56 Å². The van der Waals surface area contributed by atoms with Crippen LogP contribution in [0.15, 0.2) is 17.3 Å². The van der Waals surface area contributed by atoms with Gasteiger partial charge in [-0.2, -0.15) is 0 Å². The number of carbonyl (C=O) groups excluding carboxylic acids is 1. The molecule has 23 heavy (non-hydrogen) atoms. The van der Waals surface area contributed by atoms with Crippen molar-refractivity contribution in [3.63, 3.8) is 0 Å². The minimum atomic E-state index is -0.403. The molecule has 2 heterocycles. The van der Waals surface area contributed by atoms with E-state index in [2.05, 4.69) is 27.1 Å². The van der Waals surface area contributed by atoms with E-state index in [1.54, 1.807) is 7.11 Å². The highest BCUT2D eigenvalue weighted by Gasteiger charge is 2.33. The van der Waals surface area contributed by atoms with Crippen LogP contribution in [0.3, 0.4) is 0 Å². The maximum Gasteiger partial charge on any atom is 0.263 e. The largest absolute Gasteiger partial charge is 0.385 e. The molecule has 1 aliphatic rings. The molecule has 1 aliphatic heterocycles. The molecule has 1 amide bonds.